The molecular formula is C30H31FO4. The van der Waals surface area contributed by atoms with Crippen LogP contribution < -0.4 is 0 Å². The topological polar surface area (TPSA) is 36.9 Å². The van der Waals surface area contributed by atoms with Crippen LogP contribution in [0.2, 0.25) is 0 Å². The van der Waals surface area contributed by atoms with E-state index < -0.39 is 0 Å². The highest BCUT2D eigenvalue weighted by atomic mass is 19.1. The van der Waals surface area contributed by atoms with Crippen LogP contribution in [-0.2, 0) is 25.6 Å². The van der Waals surface area contributed by atoms with Crippen molar-refractivity contribution in [3.63, 3.8) is 0 Å². The van der Waals surface area contributed by atoms with Gasteiger partial charge in [-0.2, -0.15) is 0 Å². The van der Waals surface area contributed by atoms with Crippen molar-refractivity contribution in [1.29, 1.82) is 0 Å². The largest absolute Gasteiger partial charge is 0.476 e. The maximum Gasteiger partial charge on any atom is 0.188 e. The van der Waals surface area contributed by atoms with Crippen molar-refractivity contribution in [3.05, 3.63) is 96.2 Å². The van der Waals surface area contributed by atoms with Gasteiger partial charge in [-0.3, -0.25) is 0 Å². The second kappa shape index (κ2) is 14.7. The molecule has 0 saturated heterocycles. The molecule has 1 saturated carbocycles. The molecule has 182 valence electrons. The molecule has 0 spiro atoms. The van der Waals surface area contributed by atoms with Crippen molar-refractivity contribution in [1.82, 2.24) is 0 Å². The summed E-state index contributed by atoms with van der Waals surface area (Å²) in [6.07, 6.45) is 6.94. The summed E-state index contributed by atoms with van der Waals surface area (Å²) in [6, 6.07) is 12.6. The molecule has 0 amide bonds. The SMILES string of the molecule is C=COCOCc1ccc(C#Cc2ccc(C#CC3CCC(COCOC=C)CC3)cc2F)cc1. The fourth-order valence-electron chi connectivity index (χ4n) is 3.74. The van der Waals surface area contributed by atoms with Gasteiger partial charge in [0.2, 0.25) is 0 Å². The molecule has 4 nitrogen and oxygen atoms in total. The molecule has 2 aromatic carbocycles. The normalized spacial score (nSPS) is 16.7. The molecule has 0 radical (unpaired) electrons. The average Bonchev–Trinajstić information content (AvgIpc) is 2.89. The van der Waals surface area contributed by atoms with Crippen molar-refractivity contribution < 1.29 is 23.3 Å². The monoisotopic (exact) mass is 474 g/mol. The Morgan fingerprint density at radius 2 is 1.51 bits per heavy atom. The molecule has 3 rings (SSSR count). The van der Waals surface area contributed by atoms with E-state index in [-0.39, 0.29) is 19.4 Å². The molecule has 0 atom stereocenters. The van der Waals surface area contributed by atoms with Crippen LogP contribution in [0.1, 0.15) is 47.9 Å². The minimum absolute atomic E-state index is 0.161. The number of hydrogen-bond acceptors (Lipinski definition) is 4. The summed E-state index contributed by atoms with van der Waals surface area (Å²) >= 11 is 0. The van der Waals surface area contributed by atoms with Crippen molar-refractivity contribution in [2.45, 2.75) is 32.3 Å². The van der Waals surface area contributed by atoms with E-state index in [1.807, 2.05) is 30.3 Å². The molecule has 0 aliphatic heterocycles. The molecule has 0 aromatic heterocycles. The van der Waals surface area contributed by atoms with Crippen LogP contribution in [-0.4, -0.2) is 20.2 Å². The van der Waals surface area contributed by atoms with Gasteiger partial charge in [-0.05, 0) is 67.5 Å². The Morgan fingerprint density at radius 3 is 2.20 bits per heavy atom. The molecule has 0 N–H and O–H groups in total. The average molecular weight is 475 g/mol. The van der Waals surface area contributed by atoms with Gasteiger partial charge in [0.1, 0.15) is 5.82 Å². The maximum atomic E-state index is 14.6. The molecule has 5 heteroatoms. The van der Waals surface area contributed by atoms with Crippen LogP contribution in [0.4, 0.5) is 4.39 Å². The van der Waals surface area contributed by atoms with Gasteiger partial charge in [0.05, 0.1) is 31.3 Å². The summed E-state index contributed by atoms with van der Waals surface area (Å²) in [5, 5.41) is 0. The summed E-state index contributed by atoms with van der Waals surface area (Å²) in [5.41, 5.74) is 2.82. The van der Waals surface area contributed by atoms with Crippen molar-refractivity contribution >= 4 is 0 Å². The highest BCUT2D eigenvalue weighted by Crippen LogP contribution is 2.28. The number of rotatable bonds is 10. The Labute approximate surface area is 207 Å². The standard InChI is InChI=1S/C30H31FO4/c1-3-32-22-34-20-27-11-6-24(7-12-27)5-10-26-16-18-29(30(31)19-26)17-15-25-8-13-28(14-9-25)21-35-23-33-4-2/h3-4,8-9,13-14,16,18-19,24,27H,1-2,6-7,11-12,20-23H2. The Kier molecular flexibility index (Phi) is 11.0. The first kappa shape index (κ1) is 26.1. The Hall–Kier alpha value is -3.51. The minimum Gasteiger partial charge on any atom is -0.476 e. The van der Waals surface area contributed by atoms with E-state index in [1.165, 1.54) is 18.6 Å². The van der Waals surface area contributed by atoms with Gasteiger partial charge in [0.25, 0.3) is 0 Å². The van der Waals surface area contributed by atoms with E-state index in [2.05, 4.69) is 36.8 Å². The van der Waals surface area contributed by atoms with Crippen molar-refractivity contribution in [3.8, 4) is 23.7 Å². The van der Waals surface area contributed by atoms with E-state index in [4.69, 9.17) is 18.9 Å². The van der Waals surface area contributed by atoms with E-state index >= 15 is 0 Å². The molecule has 1 fully saturated rings. The van der Waals surface area contributed by atoms with Crippen molar-refractivity contribution in [2.24, 2.45) is 11.8 Å². The number of halogens is 1. The Bertz CT molecular complexity index is 1080. The smallest absolute Gasteiger partial charge is 0.188 e. The fraction of sp³-hybridized carbons (Fsp3) is 0.333. The maximum absolute atomic E-state index is 14.6. The molecule has 1 aliphatic carbocycles. The number of benzene rings is 2. The van der Waals surface area contributed by atoms with E-state index in [9.17, 15) is 4.39 Å². The summed E-state index contributed by atoms with van der Waals surface area (Å²) in [6.45, 7) is 8.49. The van der Waals surface area contributed by atoms with Gasteiger partial charge >= 0.3 is 0 Å². The summed E-state index contributed by atoms with van der Waals surface area (Å²) in [4.78, 5) is 0. The Morgan fingerprint density at radius 1 is 0.829 bits per heavy atom. The van der Waals surface area contributed by atoms with E-state index in [0.717, 1.165) is 36.8 Å². The highest BCUT2D eigenvalue weighted by Gasteiger charge is 2.20. The van der Waals surface area contributed by atoms with Gasteiger partial charge in [-0.25, -0.2) is 4.39 Å². The first-order valence-corrected chi connectivity index (χ1v) is 11.7. The van der Waals surface area contributed by atoms with Gasteiger partial charge in [0.15, 0.2) is 13.6 Å². The first-order valence-electron chi connectivity index (χ1n) is 11.7. The third-order valence-electron chi connectivity index (χ3n) is 5.69. The summed E-state index contributed by atoms with van der Waals surface area (Å²) < 4.78 is 35.3. The summed E-state index contributed by atoms with van der Waals surface area (Å²) in [7, 11) is 0. The molecular weight excluding hydrogens is 443 g/mol. The molecule has 1 aliphatic rings. The zero-order valence-corrected chi connectivity index (χ0v) is 19.9. The molecule has 0 unspecified atom stereocenters. The van der Waals surface area contributed by atoms with Crippen molar-refractivity contribution in [2.75, 3.05) is 20.2 Å². The van der Waals surface area contributed by atoms with Crippen LogP contribution in [0.3, 0.4) is 0 Å². The number of ether oxygens (including phenoxy) is 4. The van der Waals surface area contributed by atoms with Crippen LogP contribution in [0.25, 0.3) is 0 Å². The second-order valence-electron chi connectivity index (χ2n) is 8.25. The van der Waals surface area contributed by atoms with Crippen LogP contribution in [0.15, 0.2) is 68.1 Å². The quantitative estimate of drug-likeness (QED) is 0.179. The zero-order valence-electron chi connectivity index (χ0n) is 19.9. The Balaban J connectivity index is 1.49. The van der Waals surface area contributed by atoms with E-state index in [0.29, 0.717) is 36.2 Å². The zero-order chi connectivity index (χ0) is 24.7. The number of hydrogen-bond donors (Lipinski definition) is 0. The summed E-state index contributed by atoms with van der Waals surface area (Å²) in [5.74, 6) is 12.9. The van der Waals surface area contributed by atoms with Gasteiger partial charge < -0.3 is 18.9 Å². The third kappa shape index (κ3) is 9.33. The lowest BCUT2D eigenvalue weighted by atomic mass is 9.82. The lowest BCUT2D eigenvalue weighted by Gasteiger charge is -2.25. The van der Waals surface area contributed by atoms with Gasteiger partial charge in [0, 0.05) is 17.0 Å². The van der Waals surface area contributed by atoms with Gasteiger partial charge in [-0.15, -0.1) is 0 Å². The van der Waals surface area contributed by atoms with Crippen LogP contribution >= 0.6 is 0 Å². The molecule has 35 heavy (non-hydrogen) atoms. The predicted molar refractivity (Wildman–Crippen MR) is 134 cm³/mol. The fourth-order valence-corrected chi connectivity index (χ4v) is 3.74. The van der Waals surface area contributed by atoms with E-state index in [1.54, 1.807) is 6.07 Å². The molecule has 0 bridgehead atoms. The van der Waals surface area contributed by atoms with Gasteiger partial charge in [-0.1, -0.05) is 49.0 Å². The van der Waals surface area contributed by atoms with Crippen LogP contribution in [0.5, 0.6) is 0 Å². The highest BCUT2D eigenvalue weighted by molar-refractivity contribution is 5.47. The minimum atomic E-state index is -0.362. The van der Waals surface area contributed by atoms with Crippen LogP contribution in [0, 0.1) is 41.3 Å². The lowest BCUT2D eigenvalue weighted by molar-refractivity contribution is -0.0312. The lowest BCUT2D eigenvalue weighted by Crippen LogP contribution is -2.18. The predicted octanol–water partition coefficient (Wildman–Crippen LogP) is 6.15. The second-order valence-corrected chi connectivity index (χ2v) is 8.25. The first-order chi connectivity index (χ1) is 17.2. The molecule has 0 heterocycles. The third-order valence-corrected chi connectivity index (χ3v) is 5.69. The molecule has 2 aromatic rings.